The Labute approximate surface area is 178 Å². The van der Waals surface area contributed by atoms with E-state index in [9.17, 15) is 21.6 Å². The minimum Gasteiger partial charge on any atom is -0.496 e. The fourth-order valence-electron chi connectivity index (χ4n) is 3.55. The van der Waals surface area contributed by atoms with Gasteiger partial charge in [0.05, 0.1) is 17.6 Å². The van der Waals surface area contributed by atoms with E-state index in [1.54, 1.807) is 18.2 Å². The van der Waals surface area contributed by atoms with Gasteiger partial charge >= 0.3 is 6.18 Å². The molecule has 0 amide bonds. The molecule has 30 heavy (non-hydrogen) atoms. The Hall–Kier alpha value is -1.81. The lowest BCUT2D eigenvalue weighted by Gasteiger charge is -2.38. The van der Waals surface area contributed by atoms with E-state index >= 15 is 0 Å². The van der Waals surface area contributed by atoms with E-state index in [0.717, 1.165) is 23.8 Å². The van der Waals surface area contributed by atoms with E-state index in [1.807, 2.05) is 0 Å². The average molecular weight is 464 g/mol. The third-order valence-electron chi connectivity index (χ3n) is 5.26. The molecule has 0 aliphatic carbocycles. The second kappa shape index (κ2) is 8.74. The molecule has 10 heteroatoms. The van der Waals surface area contributed by atoms with Crippen molar-refractivity contribution in [2.75, 3.05) is 26.9 Å². The first-order chi connectivity index (χ1) is 14.1. The number of alkyl halides is 3. The van der Waals surface area contributed by atoms with Crippen LogP contribution in [0.5, 0.6) is 5.75 Å². The van der Waals surface area contributed by atoms with E-state index in [1.165, 1.54) is 7.11 Å². The molecule has 0 atom stereocenters. The number of ether oxygens (including phenoxy) is 2. The molecule has 0 unspecified atom stereocenters. The Morgan fingerprint density at radius 3 is 2.50 bits per heavy atom. The predicted octanol–water partition coefficient (Wildman–Crippen LogP) is 4.39. The van der Waals surface area contributed by atoms with Gasteiger partial charge in [-0.25, -0.2) is 13.1 Å². The summed E-state index contributed by atoms with van der Waals surface area (Å²) in [5.74, 6) is 0.555. The maximum absolute atomic E-state index is 13.0. The number of halogens is 4. The lowest BCUT2D eigenvalue weighted by atomic mass is 9.74. The smallest absolute Gasteiger partial charge is 0.416 e. The van der Waals surface area contributed by atoms with Crippen molar-refractivity contribution in [2.45, 2.75) is 29.3 Å². The van der Waals surface area contributed by atoms with Crippen molar-refractivity contribution in [1.82, 2.24) is 4.72 Å². The second-order valence-electron chi connectivity index (χ2n) is 7.09. The monoisotopic (exact) mass is 463 g/mol. The number of methoxy groups -OCH3 is 1. The van der Waals surface area contributed by atoms with Gasteiger partial charge in [0, 0.05) is 35.8 Å². The average Bonchev–Trinajstić information content (AvgIpc) is 2.72. The third kappa shape index (κ3) is 4.91. The van der Waals surface area contributed by atoms with Crippen molar-refractivity contribution in [2.24, 2.45) is 0 Å². The number of rotatable bonds is 6. The summed E-state index contributed by atoms with van der Waals surface area (Å²) < 4.78 is 77.9. The summed E-state index contributed by atoms with van der Waals surface area (Å²) in [5, 5.41) is 0.470. The van der Waals surface area contributed by atoms with Gasteiger partial charge in [-0.05, 0) is 49.2 Å². The first-order valence-corrected chi connectivity index (χ1v) is 11.0. The Bertz CT molecular complexity index is 1010. The van der Waals surface area contributed by atoms with Crippen molar-refractivity contribution in [3.63, 3.8) is 0 Å². The molecular formula is C20H21ClF3NO4S. The van der Waals surface area contributed by atoms with Gasteiger partial charge in [0.25, 0.3) is 0 Å². The molecule has 0 radical (unpaired) electrons. The van der Waals surface area contributed by atoms with E-state index in [0.29, 0.717) is 42.9 Å². The lowest BCUT2D eigenvalue weighted by Crippen LogP contribution is -2.44. The van der Waals surface area contributed by atoms with Crippen LogP contribution in [0.15, 0.2) is 47.4 Å². The van der Waals surface area contributed by atoms with Crippen LogP contribution in [0.3, 0.4) is 0 Å². The van der Waals surface area contributed by atoms with Gasteiger partial charge in [0.15, 0.2) is 0 Å². The van der Waals surface area contributed by atoms with Gasteiger partial charge in [-0.2, -0.15) is 13.2 Å². The molecule has 1 aliphatic heterocycles. The molecule has 5 nitrogen and oxygen atoms in total. The van der Waals surface area contributed by atoms with Gasteiger partial charge in [-0.1, -0.05) is 17.7 Å². The van der Waals surface area contributed by atoms with Gasteiger partial charge < -0.3 is 9.47 Å². The van der Waals surface area contributed by atoms with Gasteiger partial charge in [0.2, 0.25) is 10.0 Å². The molecule has 1 fully saturated rings. The van der Waals surface area contributed by atoms with Crippen molar-refractivity contribution in [3.05, 3.63) is 58.6 Å². The molecule has 2 aromatic carbocycles. The summed E-state index contributed by atoms with van der Waals surface area (Å²) >= 11 is 6.17. The summed E-state index contributed by atoms with van der Waals surface area (Å²) in [4.78, 5) is -0.447. The highest BCUT2D eigenvalue weighted by atomic mass is 35.5. The summed E-state index contributed by atoms with van der Waals surface area (Å²) in [5.41, 5.74) is -0.973. The zero-order chi connectivity index (χ0) is 22.0. The zero-order valence-corrected chi connectivity index (χ0v) is 17.7. The van der Waals surface area contributed by atoms with Crippen LogP contribution in [-0.2, 0) is 26.4 Å². The second-order valence-corrected chi connectivity index (χ2v) is 9.29. The fourth-order valence-corrected chi connectivity index (χ4v) is 4.90. The molecule has 164 valence electrons. The number of benzene rings is 2. The lowest BCUT2D eigenvalue weighted by molar-refractivity contribution is -0.137. The first-order valence-electron chi connectivity index (χ1n) is 9.16. The van der Waals surface area contributed by atoms with Crippen LogP contribution < -0.4 is 9.46 Å². The highest BCUT2D eigenvalue weighted by Crippen LogP contribution is 2.41. The number of sulfonamides is 1. The third-order valence-corrected chi connectivity index (χ3v) is 6.89. The van der Waals surface area contributed by atoms with Crippen molar-refractivity contribution < 1.29 is 31.1 Å². The standard InChI is InChI=1S/C20H21ClF3NO4S/c1-28-18-6-5-15(21)12-17(18)19(7-9-29-10-8-19)13-25-30(26,27)16-4-2-3-14(11-16)20(22,23)24/h2-6,11-12,25H,7-10,13H2,1H3. The molecule has 0 spiro atoms. The van der Waals surface area contributed by atoms with Crippen LogP contribution in [0.4, 0.5) is 13.2 Å². The van der Waals surface area contributed by atoms with Crippen LogP contribution in [-0.4, -0.2) is 35.3 Å². The summed E-state index contributed by atoms with van der Waals surface area (Å²) in [6.45, 7) is 0.771. The maximum atomic E-state index is 13.0. The van der Waals surface area contributed by atoms with Gasteiger partial charge in [0.1, 0.15) is 5.75 Å². The van der Waals surface area contributed by atoms with Crippen LogP contribution in [0.1, 0.15) is 24.0 Å². The molecule has 1 heterocycles. The number of hydrogen-bond donors (Lipinski definition) is 1. The van der Waals surface area contributed by atoms with Crippen LogP contribution in [0.2, 0.25) is 5.02 Å². The topological polar surface area (TPSA) is 64.6 Å². The van der Waals surface area contributed by atoms with E-state index in [4.69, 9.17) is 21.1 Å². The van der Waals surface area contributed by atoms with Gasteiger partial charge in [-0.3, -0.25) is 0 Å². The van der Waals surface area contributed by atoms with E-state index in [2.05, 4.69) is 4.72 Å². The fraction of sp³-hybridized carbons (Fsp3) is 0.400. The zero-order valence-electron chi connectivity index (χ0n) is 16.1. The normalized spacial score (nSPS) is 17.0. The molecule has 2 aromatic rings. The van der Waals surface area contributed by atoms with Gasteiger partial charge in [-0.15, -0.1) is 0 Å². The predicted molar refractivity (Wildman–Crippen MR) is 106 cm³/mol. The Morgan fingerprint density at radius 1 is 1.17 bits per heavy atom. The Balaban J connectivity index is 1.93. The van der Waals surface area contributed by atoms with Crippen LogP contribution in [0.25, 0.3) is 0 Å². The molecule has 0 bridgehead atoms. The summed E-state index contributed by atoms with van der Waals surface area (Å²) in [6, 6.07) is 8.76. The molecule has 1 saturated heterocycles. The highest BCUT2D eigenvalue weighted by Gasteiger charge is 2.38. The molecule has 0 saturated carbocycles. The largest absolute Gasteiger partial charge is 0.496 e. The molecule has 1 N–H and O–H groups in total. The van der Waals surface area contributed by atoms with Crippen LogP contribution in [0, 0.1) is 0 Å². The number of hydrogen-bond acceptors (Lipinski definition) is 4. The summed E-state index contributed by atoms with van der Waals surface area (Å²) in [6.07, 6.45) is -3.65. The molecule has 1 aliphatic rings. The maximum Gasteiger partial charge on any atom is 0.416 e. The minimum absolute atomic E-state index is 0.0361. The van der Waals surface area contributed by atoms with E-state index < -0.39 is 32.1 Å². The highest BCUT2D eigenvalue weighted by molar-refractivity contribution is 7.89. The molecular weight excluding hydrogens is 443 g/mol. The quantitative estimate of drug-likeness (QED) is 0.690. The van der Waals surface area contributed by atoms with Crippen molar-refractivity contribution in [3.8, 4) is 5.75 Å². The van der Waals surface area contributed by atoms with Crippen LogP contribution >= 0.6 is 11.6 Å². The van der Waals surface area contributed by atoms with Crippen molar-refractivity contribution >= 4 is 21.6 Å². The first kappa shape index (κ1) is 22.9. The SMILES string of the molecule is COc1ccc(Cl)cc1C1(CNS(=O)(=O)c2cccc(C(F)(F)F)c2)CCOCC1. The number of nitrogens with one attached hydrogen (secondary N) is 1. The molecule has 0 aromatic heterocycles. The Kier molecular flexibility index (Phi) is 6.66. The summed E-state index contributed by atoms with van der Waals surface area (Å²) in [7, 11) is -2.68. The molecule has 3 rings (SSSR count). The minimum atomic E-state index is -4.64. The Morgan fingerprint density at radius 2 is 1.87 bits per heavy atom. The van der Waals surface area contributed by atoms with E-state index in [-0.39, 0.29) is 6.54 Å². The van der Waals surface area contributed by atoms with Crippen molar-refractivity contribution in [1.29, 1.82) is 0 Å².